The van der Waals surface area contributed by atoms with E-state index in [0.717, 1.165) is 114 Å². The molecule has 0 bridgehead atoms. The summed E-state index contributed by atoms with van der Waals surface area (Å²) in [5.41, 5.74) is 34.1. The van der Waals surface area contributed by atoms with E-state index >= 15 is 0 Å². The molecular formula is C57H106N14O7S8. The van der Waals surface area contributed by atoms with E-state index in [-0.39, 0.29) is 41.5 Å². The van der Waals surface area contributed by atoms with E-state index < -0.39 is 12.2 Å². The molecule has 2 atom stereocenters. The van der Waals surface area contributed by atoms with Gasteiger partial charge in [0.15, 0.2) is 17.9 Å². The van der Waals surface area contributed by atoms with Gasteiger partial charge in [-0.05, 0) is 114 Å². The predicted octanol–water partition coefficient (Wildman–Crippen LogP) is 4.67. The number of hydrogen-bond acceptors (Lipinski definition) is 19. The number of rotatable bonds is 59. The molecule has 21 nitrogen and oxygen atoms in total. The highest BCUT2D eigenvalue weighted by molar-refractivity contribution is 8.01. The van der Waals surface area contributed by atoms with Crippen LogP contribution in [0.3, 0.4) is 0 Å². The van der Waals surface area contributed by atoms with E-state index in [1.54, 1.807) is 34.5 Å². The number of aliphatic hydroxyl groups excluding tert-OH is 2. The number of carbonyl (C=O) groups excluding carboxylic acids is 4. The number of unbranched alkanes of at least 4 members (excludes halogenated alkanes) is 1. The van der Waals surface area contributed by atoms with E-state index in [2.05, 4.69) is 26.4 Å². The number of aliphatic imine (C=N–C) groups is 3. The third-order valence-corrected chi connectivity index (χ3v) is 21.4. The number of guanidine groups is 3. The average molecular weight is 1360 g/mol. The summed E-state index contributed by atoms with van der Waals surface area (Å²) < 4.78 is 0. The van der Waals surface area contributed by atoms with Gasteiger partial charge in [-0.25, -0.2) is 5.90 Å². The van der Waals surface area contributed by atoms with Crippen LogP contribution in [0.15, 0.2) is 58.0 Å². The number of thioether (sulfide) groups is 8. The van der Waals surface area contributed by atoms with Crippen LogP contribution in [-0.2, 0) is 30.6 Å². The van der Waals surface area contributed by atoms with E-state index in [9.17, 15) is 29.4 Å². The summed E-state index contributed by atoms with van der Waals surface area (Å²) in [7, 11) is 0. The van der Waals surface area contributed by atoms with Crippen LogP contribution in [0, 0.1) is 0 Å². The molecule has 16 N–H and O–H groups in total. The van der Waals surface area contributed by atoms with Gasteiger partial charge in [-0.15, -0.1) is 6.58 Å². The van der Waals surface area contributed by atoms with Gasteiger partial charge in [0.2, 0.25) is 23.6 Å². The molecule has 1 aromatic carbocycles. The minimum atomic E-state index is -0.927. The Kier molecular flexibility index (Phi) is 54.3. The van der Waals surface area contributed by atoms with E-state index in [0.29, 0.717) is 139 Å². The van der Waals surface area contributed by atoms with Gasteiger partial charge in [0.05, 0.1) is 38.4 Å². The number of amides is 4. The van der Waals surface area contributed by atoms with Crippen LogP contribution < -0.4 is 40.3 Å². The Balaban J connectivity index is 2.36. The quantitative estimate of drug-likeness (QED) is 0.0141. The first-order chi connectivity index (χ1) is 41.7. The normalized spacial score (nSPS) is 11.8. The first kappa shape index (κ1) is 81.3. The maximum atomic E-state index is 13.5. The smallest absolute Gasteiger partial charge is 0.223 e. The summed E-state index contributed by atoms with van der Waals surface area (Å²) in [6, 6.07) is 10.0. The van der Waals surface area contributed by atoms with Gasteiger partial charge < -0.3 is 69.1 Å². The lowest BCUT2D eigenvalue weighted by atomic mass is 10.2. The van der Waals surface area contributed by atoms with Crippen LogP contribution in [-0.4, -0.2) is 248 Å². The van der Waals surface area contributed by atoms with Crippen LogP contribution in [0.25, 0.3) is 0 Å². The van der Waals surface area contributed by atoms with Crippen molar-refractivity contribution < 1.29 is 34.2 Å². The summed E-state index contributed by atoms with van der Waals surface area (Å²) in [6.45, 7) is 9.68. The van der Waals surface area contributed by atoms with Crippen LogP contribution in [0.4, 0.5) is 0 Å². The molecule has 0 aliphatic carbocycles. The fourth-order valence-electron chi connectivity index (χ4n) is 7.96. The third-order valence-electron chi connectivity index (χ3n) is 12.5. The Morgan fingerprint density at radius 2 is 0.802 bits per heavy atom. The molecule has 1 rings (SSSR count). The zero-order valence-electron chi connectivity index (χ0n) is 51.0. The highest BCUT2D eigenvalue weighted by Crippen LogP contribution is 2.18. The topological polar surface area (TPSA) is 350 Å². The van der Waals surface area contributed by atoms with Crippen LogP contribution in [0.2, 0.25) is 0 Å². The van der Waals surface area contributed by atoms with Crippen molar-refractivity contribution in [2.45, 2.75) is 95.8 Å². The molecule has 2 unspecified atom stereocenters. The largest absolute Gasteiger partial charge is 0.390 e. The standard InChI is InChI=1S/C57H106N14O7S8/c1-2-23-68(27-20-65-55(58)59)51(74)16-41-82-38-11-35-79-31-7-6-24-71(45-48-14-4-3-5-15-48)54(77)19-44-86-47-50(73)49(72)46-85-33-9-26-70(29-22-67-57(62)63)53(76)18-43-83-39-12-36-80-32-8-25-69(28-21-66-56(60)61)52(75)17-42-84-40-13-37-81-34-10-30-78-64/h2-5,14-15,49-50,72-73H,1,6-13,16-47,64H2,(H4,58,59,65)(H4,60,61,66)(H4,62,63,67). The Labute approximate surface area is 549 Å². The van der Waals surface area contributed by atoms with Gasteiger partial charge in [-0.1, -0.05) is 36.4 Å². The molecule has 0 spiro atoms. The third kappa shape index (κ3) is 48.2. The van der Waals surface area contributed by atoms with Gasteiger partial charge in [0.1, 0.15) is 0 Å². The van der Waals surface area contributed by atoms with Crippen molar-refractivity contribution >= 4 is 136 Å². The second kappa shape index (κ2) is 57.4. The maximum absolute atomic E-state index is 13.5. The summed E-state index contributed by atoms with van der Waals surface area (Å²) in [4.78, 5) is 76.7. The molecule has 494 valence electrons. The van der Waals surface area contributed by atoms with Gasteiger partial charge >= 0.3 is 0 Å². The zero-order chi connectivity index (χ0) is 63.1. The van der Waals surface area contributed by atoms with Gasteiger partial charge in [0.25, 0.3) is 0 Å². The molecule has 0 saturated carbocycles. The number of benzene rings is 1. The summed E-state index contributed by atoms with van der Waals surface area (Å²) in [5.74, 6) is 18.8. The minimum Gasteiger partial charge on any atom is -0.390 e. The number of nitrogens with two attached hydrogens (primary N) is 7. The van der Waals surface area contributed by atoms with Crippen LogP contribution in [0.5, 0.6) is 0 Å². The van der Waals surface area contributed by atoms with Crippen molar-refractivity contribution in [3.63, 3.8) is 0 Å². The molecule has 29 heteroatoms. The fraction of sp³-hybridized carbons (Fsp3) is 0.737. The second-order valence-corrected chi connectivity index (χ2v) is 29.4. The molecule has 0 fully saturated rings. The first-order valence-corrected chi connectivity index (χ1v) is 39.1. The first-order valence-electron chi connectivity index (χ1n) is 29.9. The Morgan fingerprint density at radius 3 is 1.24 bits per heavy atom. The number of hydrogen-bond donors (Lipinski definition) is 9. The molecule has 1 aromatic rings. The summed E-state index contributed by atoms with van der Waals surface area (Å²) >= 11 is 14.1. The van der Waals surface area contributed by atoms with E-state index in [1.165, 1.54) is 23.5 Å². The Morgan fingerprint density at radius 1 is 0.453 bits per heavy atom. The minimum absolute atomic E-state index is 0.0168. The second-order valence-electron chi connectivity index (χ2n) is 19.8. The summed E-state index contributed by atoms with van der Waals surface area (Å²) in [6.07, 6.45) is 9.25. The van der Waals surface area contributed by atoms with Crippen molar-refractivity contribution in [1.82, 2.24) is 19.6 Å². The molecular weight excluding hydrogens is 1250 g/mol. The zero-order valence-corrected chi connectivity index (χ0v) is 57.5. The SMILES string of the molecule is C=CCN(CCN=C(N)N)C(=O)CCSCCCSCCCCN(Cc1ccccc1)C(=O)CCSCC(O)C(O)CSCCCN(CCN=C(N)N)C(=O)CCSCCCSCCCN(CCN=C(N)N)C(=O)CCSCCCSCCCON. The number of nitrogens with zero attached hydrogens (tertiary/aromatic N) is 7. The molecule has 0 aromatic heterocycles. The number of aliphatic hydroxyl groups is 2. The number of carbonyl (C=O) groups is 4. The van der Waals surface area contributed by atoms with E-state index in [4.69, 9.17) is 40.3 Å². The van der Waals surface area contributed by atoms with Crippen molar-refractivity contribution in [2.24, 2.45) is 55.3 Å². The Bertz CT molecular complexity index is 1990. The fourth-order valence-corrected chi connectivity index (χ4v) is 15.8. The van der Waals surface area contributed by atoms with Gasteiger partial charge in [0, 0.05) is 113 Å². The lowest BCUT2D eigenvalue weighted by molar-refractivity contribution is -0.132. The molecule has 86 heavy (non-hydrogen) atoms. The highest BCUT2D eigenvalue weighted by atomic mass is 32.2. The molecule has 0 saturated heterocycles. The van der Waals surface area contributed by atoms with Crippen molar-refractivity contribution in [1.29, 1.82) is 0 Å². The Hall–Kier alpha value is -2.71. The maximum Gasteiger partial charge on any atom is 0.223 e. The molecule has 0 heterocycles. The average Bonchev–Trinajstić information content (AvgIpc) is 3.69. The van der Waals surface area contributed by atoms with Crippen LogP contribution in [0.1, 0.15) is 82.6 Å². The monoisotopic (exact) mass is 1350 g/mol. The van der Waals surface area contributed by atoms with Gasteiger partial charge in [-0.3, -0.25) is 34.2 Å². The molecule has 0 radical (unpaired) electrons. The summed E-state index contributed by atoms with van der Waals surface area (Å²) in [5, 5.41) is 21.6. The van der Waals surface area contributed by atoms with Crippen molar-refractivity contribution in [2.75, 3.05) is 164 Å². The van der Waals surface area contributed by atoms with Gasteiger partial charge in [-0.2, -0.15) is 94.1 Å². The van der Waals surface area contributed by atoms with Crippen molar-refractivity contribution in [3.8, 4) is 0 Å². The van der Waals surface area contributed by atoms with E-state index in [1.807, 2.05) is 92.1 Å². The predicted molar refractivity (Wildman–Crippen MR) is 380 cm³/mol. The molecule has 0 aliphatic rings. The lowest BCUT2D eigenvalue weighted by Gasteiger charge is -2.23. The van der Waals surface area contributed by atoms with Crippen molar-refractivity contribution in [3.05, 3.63) is 48.6 Å². The molecule has 0 aliphatic heterocycles. The lowest BCUT2D eigenvalue weighted by Crippen LogP contribution is -2.35. The molecule has 4 amide bonds. The highest BCUT2D eigenvalue weighted by Gasteiger charge is 2.20. The van der Waals surface area contributed by atoms with Crippen LogP contribution >= 0.6 is 94.1 Å².